The lowest BCUT2D eigenvalue weighted by Crippen LogP contribution is -2.49. The molecule has 164 valence electrons. The molecule has 0 bridgehead atoms. The minimum atomic E-state index is -0.176. The van der Waals surface area contributed by atoms with Crippen molar-refractivity contribution in [3.63, 3.8) is 0 Å². The van der Waals surface area contributed by atoms with Crippen molar-refractivity contribution in [3.8, 4) is 5.75 Å². The highest BCUT2D eigenvalue weighted by Crippen LogP contribution is 2.36. The molecule has 7 heteroatoms. The fourth-order valence-electron chi connectivity index (χ4n) is 4.21. The topological polar surface area (TPSA) is 59.3 Å². The lowest BCUT2D eigenvalue weighted by atomic mass is 9.98. The highest BCUT2D eigenvalue weighted by Gasteiger charge is 2.35. The van der Waals surface area contributed by atoms with E-state index in [1.165, 1.54) is 5.69 Å². The maximum Gasteiger partial charge on any atom is 0.173 e. The summed E-state index contributed by atoms with van der Waals surface area (Å²) in [6, 6.07) is 18.8. The molecule has 1 saturated heterocycles. The Labute approximate surface area is 184 Å². The second-order valence-electron chi connectivity index (χ2n) is 8.62. The van der Waals surface area contributed by atoms with Crippen LogP contribution in [0.4, 0.5) is 5.69 Å². The van der Waals surface area contributed by atoms with Gasteiger partial charge in [-0.05, 0) is 48.9 Å². The van der Waals surface area contributed by atoms with Gasteiger partial charge in [0.25, 0.3) is 0 Å². The number of hydrogen-bond acceptors (Lipinski definition) is 6. The second-order valence-corrected chi connectivity index (χ2v) is 8.62. The first-order valence-corrected chi connectivity index (χ1v) is 11.0. The van der Waals surface area contributed by atoms with Gasteiger partial charge in [0.05, 0.1) is 12.6 Å². The summed E-state index contributed by atoms with van der Waals surface area (Å²) in [7, 11) is 1.72. The molecule has 0 radical (unpaired) electrons. The summed E-state index contributed by atoms with van der Waals surface area (Å²) in [6.07, 6.45) is 0.936. The standard InChI is InChI=1S/C24H32N6O/c1-5-24(2,3)30-23(25-26-27-30)22(20-13-9-10-14-21(20)31-4)29-17-15-28(16-18-29)19-11-7-6-8-12-19/h6-14,22H,5,15-18H2,1-4H3/t22-/m0/s1. The van der Waals surface area contributed by atoms with Crippen LogP contribution >= 0.6 is 0 Å². The van der Waals surface area contributed by atoms with Gasteiger partial charge in [-0.1, -0.05) is 43.3 Å². The average molecular weight is 421 g/mol. The summed E-state index contributed by atoms with van der Waals surface area (Å²) in [5.74, 6) is 1.73. The lowest BCUT2D eigenvalue weighted by Gasteiger charge is -2.40. The van der Waals surface area contributed by atoms with Crippen molar-refractivity contribution in [1.29, 1.82) is 0 Å². The van der Waals surface area contributed by atoms with E-state index in [0.29, 0.717) is 0 Å². The summed E-state index contributed by atoms with van der Waals surface area (Å²) < 4.78 is 7.74. The van der Waals surface area contributed by atoms with E-state index in [1.807, 2.05) is 16.8 Å². The number of ether oxygens (including phenoxy) is 1. The number of anilines is 1. The van der Waals surface area contributed by atoms with Gasteiger partial charge in [0.1, 0.15) is 11.8 Å². The molecule has 4 rings (SSSR count). The van der Waals surface area contributed by atoms with Gasteiger partial charge >= 0.3 is 0 Å². The molecule has 31 heavy (non-hydrogen) atoms. The molecular weight excluding hydrogens is 388 g/mol. The minimum absolute atomic E-state index is 0.0742. The van der Waals surface area contributed by atoms with E-state index < -0.39 is 0 Å². The second kappa shape index (κ2) is 9.06. The number of piperazine rings is 1. The molecule has 1 atom stereocenters. The lowest BCUT2D eigenvalue weighted by molar-refractivity contribution is 0.184. The fraction of sp³-hybridized carbons (Fsp3) is 0.458. The van der Waals surface area contributed by atoms with Crippen LogP contribution in [0.15, 0.2) is 54.6 Å². The average Bonchev–Trinajstić information content (AvgIpc) is 3.31. The third-order valence-corrected chi connectivity index (χ3v) is 6.41. The Morgan fingerprint density at radius 1 is 0.968 bits per heavy atom. The number of methoxy groups -OCH3 is 1. The van der Waals surface area contributed by atoms with E-state index in [0.717, 1.165) is 49.7 Å². The van der Waals surface area contributed by atoms with Gasteiger partial charge in [-0.25, -0.2) is 4.68 Å². The van der Waals surface area contributed by atoms with Crippen molar-refractivity contribution in [2.45, 2.75) is 38.8 Å². The molecule has 1 fully saturated rings. The van der Waals surface area contributed by atoms with Crippen molar-refractivity contribution < 1.29 is 4.74 Å². The van der Waals surface area contributed by atoms with Gasteiger partial charge in [0.15, 0.2) is 5.82 Å². The summed E-state index contributed by atoms with van der Waals surface area (Å²) in [5.41, 5.74) is 2.19. The first-order chi connectivity index (χ1) is 15.0. The molecule has 1 aromatic heterocycles. The number of benzene rings is 2. The Kier molecular flexibility index (Phi) is 6.23. The first kappa shape index (κ1) is 21.3. The van der Waals surface area contributed by atoms with Crippen molar-refractivity contribution in [2.24, 2.45) is 0 Å². The van der Waals surface area contributed by atoms with Crippen LogP contribution in [0.1, 0.15) is 44.6 Å². The van der Waals surface area contributed by atoms with E-state index in [1.54, 1.807) is 7.11 Å². The van der Waals surface area contributed by atoms with Gasteiger partial charge in [0, 0.05) is 37.4 Å². The Hall–Kier alpha value is -2.93. The van der Waals surface area contributed by atoms with E-state index in [4.69, 9.17) is 4.74 Å². The molecule has 1 aliphatic rings. The maximum atomic E-state index is 5.74. The van der Waals surface area contributed by atoms with Crippen molar-refractivity contribution >= 4 is 5.69 Å². The molecule has 0 spiro atoms. The zero-order chi connectivity index (χ0) is 21.8. The Balaban J connectivity index is 1.69. The summed E-state index contributed by atoms with van der Waals surface area (Å²) in [6.45, 7) is 10.3. The number of aromatic nitrogens is 4. The summed E-state index contributed by atoms with van der Waals surface area (Å²) in [4.78, 5) is 4.92. The van der Waals surface area contributed by atoms with Crippen LogP contribution in [0, 0.1) is 0 Å². The van der Waals surface area contributed by atoms with Crippen molar-refractivity contribution in [1.82, 2.24) is 25.1 Å². The smallest absolute Gasteiger partial charge is 0.173 e. The van der Waals surface area contributed by atoms with Gasteiger partial charge in [-0.2, -0.15) is 0 Å². The molecule has 2 heterocycles. The summed E-state index contributed by atoms with van der Waals surface area (Å²) >= 11 is 0. The molecule has 0 aliphatic carbocycles. The van der Waals surface area contributed by atoms with E-state index in [2.05, 4.69) is 88.6 Å². The van der Waals surface area contributed by atoms with Crippen LogP contribution in [-0.4, -0.2) is 58.4 Å². The number of tetrazole rings is 1. The molecule has 0 unspecified atom stereocenters. The van der Waals surface area contributed by atoms with Gasteiger partial charge < -0.3 is 9.64 Å². The highest BCUT2D eigenvalue weighted by molar-refractivity contribution is 5.46. The van der Waals surface area contributed by atoms with E-state index in [9.17, 15) is 0 Å². The molecule has 0 amide bonds. The predicted molar refractivity (Wildman–Crippen MR) is 122 cm³/mol. The van der Waals surface area contributed by atoms with Gasteiger partial charge in [0.2, 0.25) is 0 Å². The van der Waals surface area contributed by atoms with Gasteiger partial charge in [-0.3, -0.25) is 4.90 Å². The Morgan fingerprint density at radius 2 is 1.65 bits per heavy atom. The monoisotopic (exact) mass is 420 g/mol. The van der Waals surface area contributed by atoms with E-state index >= 15 is 0 Å². The molecule has 0 saturated carbocycles. The van der Waals surface area contributed by atoms with Crippen LogP contribution in [0.3, 0.4) is 0 Å². The maximum absolute atomic E-state index is 5.74. The van der Waals surface area contributed by atoms with Gasteiger partial charge in [-0.15, -0.1) is 5.10 Å². The zero-order valence-corrected chi connectivity index (χ0v) is 18.9. The zero-order valence-electron chi connectivity index (χ0n) is 18.9. The molecule has 1 aliphatic heterocycles. The van der Waals surface area contributed by atoms with Crippen LogP contribution in [-0.2, 0) is 5.54 Å². The number of para-hydroxylation sites is 2. The number of nitrogens with zero attached hydrogens (tertiary/aromatic N) is 6. The largest absolute Gasteiger partial charge is 0.496 e. The SMILES string of the molecule is CCC(C)(C)n1nnnc1[C@H](c1ccccc1OC)N1CCN(c2ccccc2)CC1. The minimum Gasteiger partial charge on any atom is -0.496 e. The van der Waals surface area contributed by atoms with E-state index in [-0.39, 0.29) is 11.6 Å². The molecule has 2 aromatic carbocycles. The Bertz CT molecular complexity index is 978. The Morgan fingerprint density at radius 3 is 2.32 bits per heavy atom. The molecule has 3 aromatic rings. The quantitative estimate of drug-likeness (QED) is 0.580. The molecule has 7 nitrogen and oxygen atoms in total. The number of rotatable bonds is 7. The number of hydrogen-bond donors (Lipinski definition) is 0. The third kappa shape index (κ3) is 4.28. The molecule has 0 N–H and O–H groups in total. The molecular formula is C24H32N6O. The fourth-order valence-corrected chi connectivity index (χ4v) is 4.21. The normalized spacial score (nSPS) is 16.3. The van der Waals surface area contributed by atoms with Crippen molar-refractivity contribution in [2.75, 3.05) is 38.2 Å². The highest BCUT2D eigenvalue weighted by atomic mass is 16.5. The van der Waals surface area contributed by atoms with Crippen LogP contribution < -0.4 is 9.64 Å². The van der Waals surface area contributed by atoms with Crippen molar-refractivity contribution in [3.05, 3.63) is 66.0 Å². The third-order valence-electron chi connectivity index (χ3n) is 6.41. The van der Waals surface area contributed by atoms with Crippen LogP contribution in [0.2, 0.25) is 0 Å². The van der Waals surface area contributed by atoms with Crippen LogP contribution in [0.5, 0.6) is 5.75 Å². The predicted octanol–water partition coefficient (Wildman–Crippen LogP) is 3.74. The van der Waals surface area contributed by atoms with Crippen LogP contribution in [0.25, 0.3) is 0 Å². The first-order valence-electron chi connectivity index (χ1n) is 11.0. The summed E-state index contributed by atoms with van der Waals surface area (Å²) in [5, 5.41) is 13.0.